The van der Waals surface area contributed by atoms with Crippen LogP contribution in [0.25, 0.3) is 0 Å². The molecule has 1 aromatic rings. The molecular weight excluding hydrogens is 414 g/mol. The van der Waals surface area contributed by atoms with Crippen LogP contribution in [-0.2, 0) is 14.3 Å². The molecule has 1 unspecified atom stereocenters. The average molecular weight is 448 g/mol. The maximum absolute atomic E-state index is 13.2. The van der Waals surface area contributed by atoms with Gasteiger partial charge in [0.1, 0.15) is 11.6 Å². The minimum atomic E-state index is -0.535. The first-order valence-corrected chi connectivity index (χ1v) is 11.9. The Kier molecular flexibility index (Phi) is 7.19. The second kappa shape index (κ2) is 9.51. The van der Waals surface area contributed by atoms with E-state index in [0.717, 1.165) is 11.3 Å². The largest absolute Gasteiger partial charge is 0.444 e. The number of rotatable bonds is 3. The SMILES string of the molecule is Cc1ccc(NC(=O)C2CSCN2C(=O)C2CCN(C(=O)OC(C)(C)C)CC2)cc1C. The van der Waals surface area contributed by atoms with Gasteiger partial charge in [0, 0.05) is 30.4 Å². The second-order valence-electron chi connectivity index (χ2n) is 9.35. The quantitative estimate of drug-likeness (QED) is 0.763. The number of anilines is 1. The van der Waals surface area contributed by atoms with Crippen molar-refractivity contribution >= 4 is 35.4 Å². The Labute approximate surface area is 188 Å². The summed E-state index contributed by atoms with van der Waals surface area (Å²) in [5.74, 6) is 0.811. The van der Waals surface area contributed by atoms with Gasteiger partial charge in [-0.3, -0.25) is 9.59 Å². The van der Waals surface area contributed by atoms with Crippen molar-refractivity contribution in [3.05, 3.63) is 29.3 Å². The van der Waals surface area contributed by atoms with E-state index in [0.29, 0.717) is 37.6 Å². The predicted octanol–water partition coefficient (Wildman–Crippen LogP) is 3.79. The van der Waals surface area contributed by atoms with E-state index < -0.39 is 11.6 Å². The molecule has 0 aliphatic carbocycles. The first-order chi connectivity index (χ1) is 14.5. The molecular formula is C23H33N3O4S. The molecule has 0 radical (unpaired) electrons. The van der Waals surface area contributed by atoms with Crippen molar-refractivity contribution in [1.82, 2.24) is 9.80 Å². The molecule has 2 heterocycles. The number of nitrogens with one attached hydrogen (secondary N) is 1. The standard InChI is InChI=1S/C23H33N3O4S/c1-15-6-7-18(12-16(15)2)24-20(27)19-13-31-14-26(19)21(28)17-8-10-25(11-9-17)22(29)30-23(3,4)5/h6-7,12,17,19H,8-11,13-14H2,1-5H3,(H,24,27). The highest BCUT2D eigenvalue weighted by Crippen LogP contribution is 2.28. The van der Waals surface area contributed by atoms with Crippen molar-refractivity contribution in [3.8, 4) is 0 Å². The molecule has 2 fully saturated rings. The number of amides is 3. The van der Waals surface area contributed by atoms with Crippen molar-refractivity contribution in [2.24, 2.45) is 5.92 Å². The summed E-state index contributed by atoms with van der Waals surface area (Å²) in [6.07, 6.45) is 0.843. The molecule has 2 saturated heterocycles. The lowest BCUT2D eigenvalue weighted by atomic mass is 9.95. The number of aryl methyl sites for hydroxylation is 2. The molecule has 3 amide bonds. The van der Waals surface area contributed by atoms with E-state index in [9.17, 15) is 14.4 Å². The third-order valence-corrected chi connectivity index (χ3v) is 6.75. The molecule has 0 bridgehead atoms. The van der Waals surface area contributed by atoms with E-state index in [2.05, 4.69) is 5.32 Å². The first-order valence-electron chi connectivity index (χ1n) is 10.8. The molecule has 0 saturated carbocycles. The maximum atomic E-state index is 13.2. The normalized spacial score (nSPS) is 20.0. The molecule has 31 heavy (non-hydrogen) atoms. The summed E-state index contributed by atoms with van der Waals surface area (Å²) in [5.41, 5.74) is 2.50. The summed E-state index contributed by atoms with van der Waals surface area (Å²) in [5, 5.41) is 2.97. The number of ether oxygens (including phenoxy) is 1. The Balaban J connectivity index is 1.57. The van der Waals surface area contributed by atoms with E-state index in [1.165, 1.54) is 5.56 Å². The van der Waals surface area contributed by atoms with Crippen molar-refractivity contribution in [2.45, 2.75) is 59.1 Å². The number of likely N-dealkylation sites (tertiary alicyclic amines) is 1. The van der Waals surface area contributed by atoms with Crippen molar-refractivity contribution in [2.75, 3.05) is 30.0 Å². The highest BCUT2D eigenvalue weighted by molar-refractivity contribution is 7.99. The van der Waals surface area contributed by atoms with Gasteiger partial charge >= 0.3 is 6.09 Å². The third-order valence-electron chi connectivity index (χ3n) is 5.74. The number of carbonyl (C=O) groups excluding carboxylic acids is 3. The number of nitrogens with zero attached hydrogens (tertiary/aromatic N) is 2. The number of hydrogen-bond donors (Lipinski definition) is 1. The second-order valence-corrected chi connectivity index (χ2v) is 10.4. The van der Waals surface area contributed by atoms with Gasteiger partial charge in [0.25, 0.3) is 0 Å². The molecule has 8 heteroatoms. The van der Waals surface area contributed by atoms with E-state index >= 15 is 0 Å². The summed E-state index contributed by atoms with van der Waals surface area (Å²) < 4.78 is 5.43. The van der Waals surface area contributed by atoms with Crippen LogP contribution in [0.3, 0.4) is 0 Å². The summed E-state index contributed by atoms with van der Waals surface area (Å²) in [6, 6.07) is 5.35. The van der Waals surface area contributed by atoms with Gasteiger partial charge in [0.05, 0.1) is 5.88 Å². The fraction of sp³-hybridized carbons (Fsp3) is 0.609. The van der Waals surface area contributed by atoms with Gasteiger partial charge in [-0.25, -0.2) is 4.79 Å². The van der Waals surface area contributed by atoms with Crippen LogP contribution < -0.4 is 5.32 Å². The van der Waals surface area contributed by atoms with Crippen molar-refractivity contribution in [1.29, 1.82) is 0 Å². The third kappa shape index (κ3) is 5.93. The number of thioether (sulfide) groups is 1. The molecule has 3 rings (SSSR count). The summed E-state index contributed by atoms with van der Waals surface area (Å²) >= 11 is 1.60. The first kappa shape index (κ1) is 23.4. The zero-order chi connectivity index (χ0) is 22.8. The molecule has 1 atom stereocenters. The van der Waals surface area contributed by atoms with Crippen LogP contribution in [0.1, 0.15) is 44.7 Å². The Morgan fingerprint density at radius 2 is 1.77 bits per heavy atom. The summed E-state index contributed by atoms with van der Waals surface area (Å²) in [6.45, 7) is 10.6. The van der Waals surface area contributed by atoms with Crippen LogP contribution in [0, 0.1) is 19.8 Å². The highest BCUT2D eigenvalue weighted by Gasteiger charge is 2.39. The maximum Gasteiger partial charge on any atom is 0.410 e. The van der Waals surface area contributed by atoms with E-state index in [1.54, 1.807) is 21.6 Å². The fourth-order valence-electron chi connectivity index (χ4n) is 3.79. The van der Waals surface area contributed by atoms with Gasteiger partial charge in [-0.1, -0.05) is 6.07 Å². The average Bonchev–Trinajstić information content (AvgIpc) is 3.19. The molecule has 0 spiro atoms. The van der Waals surface area contributed by atoms with Crippen LogP contribution in [0.15, 0.2) is 18.2 Å². The van der Waals surface area contributed by atoms with Crippen LogP contribution in [0.5, 0.6) is 0 Å². The Morgan fingerprint density at radius 1 is 1.10 bits per heavy atom. The topological polar surface area (TPSA) is 79.0 Å². The van der Waals surface area contributed by atoms with E-state index in [-0.39, 0.29) is 23.8 Å². The zero-order valence-electron chi connectivity index (χ0n) is 19.1. The van der Waals surface area contributed by atoms with E-state index in [4.69, 9.17) is 4.74 Å². The molecule has 1 aromatic carbocycles. The Hall–Kier alpha value is -2.22. The Bertz CT molecular complexity index is 844. The number of benzene rings is 1. The van der Waals surface area contributed by atoms with E-state index in [1.807, 2.05) is 52.8 Å². The minimum absolute atomic E-state index is 0.00840. The van der Waals surface area contributed by atoms with Gasteiger partial charge in [-0.05, 0) is 70.7 Å². The van der Waals surface area contributed by atoms with Crippen LogP contribution in [0.2, 0.25) is 0 Å². The van der Waals surface area contributed by atoms with Crippen molar-refractivity contribution < 1.29 is 19.1 Å². The molecule has 170 valence electrons. The van der Waals surface area contributed by atoms with Gasteiger partial charge < -0.3 is 19.9 Å². The monoisotopic (exact) mass is 447 g/mol. The Morgan fingerprint density at radius 3 is 2.39 bits per heavy atom. The van der Waals surface area contributed by atoms with Crippen LogP contribution in [-0.4, -0.2) is 64.1 Å². The minimum Gasteiger partial charge on any atom is -0.444 e. The molecule has 2 aliphatic rings. The number of carbonyl (C=O) groups is 3. The van der Waals surface area contributed by atoms with Crippen molar-refractivity contribution in [3.63, 3.8) is 0 Å². The zero-order valence-corrected chi connectivity index (χ0v) is 19.9. The number of piperidine rings is 1. The summed E-state index contributed by atoms with van der Waals surface area (Å²) in [4.78, 5) is 41.7. The smallest absolute Gasteiger partial charge is 0.410 e. The lowest BCUT2D eigenvalue weighted by Crippen LogP contribution is -2.49. The molecule has 7 nitrogen and oxygen atoms in total. The lowest BCUT2D eigenvalue weighted by molar-refractivity contribution is -0.141. The fourth-order valence-corrected chi connectivity index (χ4v) is 4.96. The molecule has 0 aromatic heterocycles. The summed E-state index contributed by atoms with van der Waals surface area (Å²) in [7, 11) is 0. The molecule has 1 N–H and O–H groups in total. The van der Waals surface area contributed by atoms with Gasteiger partial charge in [-0.15, -0.1) is 11.8 Å². The van der Waals surface area contributed by atoms with Crippen LogP contribution >= 0.6 is 11.8 Å². The molecule has 2 aliphatic heterocycles. The van der Waals surface area contributed by atoms with Gasteiger partial charge in [0.2, 0.25) is 11.8 Å². The predicted molar refractivity (Wildman–Crippen MR) is 123 cm³/mol. The van der Waals surface area contributed by atoms with Gasteiger partial charge in [0.15, 0.2) is 0 Å². The highest BCUT2D eigenvalue weighted by atomic mass is 32.2. The number of hydrogen-bond acceptors (Lipinski definition) is 5. The van der Waals surface area contributed by atoms with Gasteiger partial charge in [-0.2, -0.15) is 0 Å². The van der Waals surface area contributed by atoms with Crippen LogP contribution in [0.4, 0.5) is 10.5 Å². The lowest BCUT2D eigenvalue weighted by Gasteiger charge is -2.35.